The van der Waals surface area contributed by atoms with Gasteiger partial charge in [-0.25, -0.2) is 4.79 Å². The van der Waals surface area contributed by atoms with Crippen molar-refractivity contribution in [2.45, 2.75) is 12.2 Å². The van der Waals surface area contributed by atoms with Crippen molar-refractivity contribution >= 4 is 16.2 Å². The molecule has 2 aliphatic rings. The lowest BCUT2D eigenvalue weighted by Gasteiger charge is -2.39. The number of morpholine rings is 1. The molecule has 0 aromatic rings. The standard InChI is InChI=1S/C7H15N3O3S.C2HF3O2/c8-7-5-10(6-7)14(11,12)9-1-3-13-4-2-9;3-2(4,5)1(6)7/h7H,1-6,8H2;(H,6,7). The van der Waals surface area contributed by atoms with Crippen molar-refractivity contribution < 1.29 is 36.2 Å². The fourth-order valence-electron chi connectivity index (χ4n) is 1.60. The number of carboxylic acids is 1. The van der Waals surface area contributed by atoms with E-state index < -0.39 is 22.4 Å². The number of halogens is 3. The van der Waals surface area contributed by atoms with Crippen molar-refractivity contribution in [3.8, 4) is 0 Å². The number of nitrogens with zero attached hydrogens (tertiary/aromatic N) is 2. The molecule has 0 aliphatic carbocycles. The first-order chi connectivity index (χ1) is 9.55. The number of carbonyl (C=O) groups is 1. The van der Waals surface area contributed by atoms with E-state index in [1.165, 1.54) is 8.61 Å². The average Bonchev–Trinajstić information content (AvgIpc) is 2.35. The molecule has 0 radical (unpaired) electrons. The molecule has 0 spiro atoms. The van der Waals surface area contributed by atoms with Gasteiger partial charge in [-0.3, -0.25) is 0 Å². The number of carboxylic acid groups (broad SMARTS) is 1. The van der Waals surface area contributed by atoms with E-state index in [0.717, 1.165) is 0 Å². The first kappa shape index (κ1) is 18.1. The summed E-state index contributed by atoms with van der Waals surface area (Å²) in [4.78, 5) is 8.90. The predicted octanol–water partition coefficient (Wildman–Crippen LogP) is -1.16. The van der Waals surface area contributed by atoms with Gasteiger partial charge in [-0.1, -0.05) is 0 Å². The van der Waals surface area contributed by atoms with Crippen LogP contribution in [-0.2, 0) is 19.7 Å². The van der Waals surface area contributed by atoms with Crippen molar-refractivity contribution in [2.24, 2.45) is 5.73 Å². The Bertz CT molecular complexity index is 458. The summed E-state index contributed by atoms with van der Waals surface area (Å²) in [5.74, 6) is -2.76. The predicted molar refractivity (Wildman–Crippen MR) is 64.6 cm³/mol. The van der Waals surface area contributed by atoms with Gasteiger partial charge in [0.15, 0.2) is 0 Å². The Labute approximate surface area is 119 Å². The zero-order chi connectivity index (χ0) is 16.3. The molecule has 21 heavy (non-hydrogen) atoms. The Morgan fingerprint density at radius 3 is 1.95 bits per heavy atom. The molecule has 2 saturated heterocycles. The fourth-order valence-corrected chi connectivity index (χ4v) is 3.30. The van der Waals surface area contributed by atoms with Crippen LogP contribution in [0.5, 0.6) is 0 Å². The maximum absolute atomic E-state index is 11.9. The number of alkyl halides is 3. The number of aliphatic carboxylic acids is 1. The van der Waals surface area contributed by atoms with Crippen molar-refractivity contribution in [1.82, 2.24) is 8.61 Å². The van der Waals surface area contributed by atoms with E-state index in [2.05, 4.69) is 0 Å². The van der Waals surface area contributed by atoms with Crippen LogP contribution in [0.1, 0.15) is 0 Å². The molecule has 8 nitrogen and oxygen atoms in total. The van der Waals surface area contributed by atoms with Gasteiger partial charge in [0.2, 0.25) is 0 Å². The number of ether oxygens (including phenoxy) is 1. The summed E-state index contributed by atoms with van der Waals surface area (Å²) in [6.45, 7) is 2.76. The molecule has 3 N–H and O–H groups in total. The van der Waals surface area contributed by atoms with Gasteiger partial charge < -0.3 is 15.6 Å². The van der Waals surface area contributed by atoms with Gasteiger partial charge in [0.05, 0.1) is 13.2 Å². The second-order valence-corrected chi connectivity index (χ2v) is 6.33. The number of hydrogen-bond acceptors (Lipinski definition) is 5. The Hall–Kier alpha value is -0.950. The molecule has 0 bridgehead atoms. The van der Waals surface area contributed by atoms with Gasteiger partial charge in [-0.05, 0) is 0 Å². The van der Waals surface area contributed by atoms with Crippen LogP contribution in [0, 0.1) is 0 Å². The molecular weight excluding hydrogens is 319 g/mol. The van der Waals surface area contributed by atoms with E-state index in [1.54, 1.807) is 0 Å². The zero-order valence-corrected chi connectivity index (χ0v) is 11.7. The highest BCUT2D eigenvalue weighted by Crippen LogP contribution is 2.17. The largest absolute Gasteiger partial charge is 0.490 e. The second-order valence-electron chi connectivity index (χ2n) is 4.40. The summed E-state index contributed by atoms with van der Waals surface area (Å²) in [6.07, 6.45) is -5.08. The van der Waals surface area contributed by atoms with Crippen LogP contribution in [0.4, 0.5) is 13.2 Å². The number of rotatable bonds is 2. The summed E-state index contributed by atoms with van der Waals surface area (Å²) in [5, 5.41) is 7.12. The van der Waals surface area contributed by atoms with E-state index in [-0.39, 0.29) is 6.04 Å². The third-order valence-corrected chi connectivity index (χ3v) is 4.71. The lowest BCUT2D eigenvalue weighted by Crippen LogP contribution is -2.61. The SMILES string of the molecule is NC1CN(S(=O)(=O)N2CCOCC2)C1.O=C(O)C(F)(F)F. The Kier molecular flexibility index (Phi) is 5.92. The zero-order valence-electron chi connectivity index (χ0n) is 10.9. The molecule has 0 unspecified atom stereocenters. The highest BCUT2D eigenvalue weighted by atomic mass is 32.2. The Morgan fingerprint density at radius 1 is 1.19 bits per heavy atom. The molecule has 2 aliphatic heterocycles. The van der Waals surface area contributed by atoms with E-state index in [9.17, 15) is 21.6 Å². The van der Waals surface area contributed by atoms with Gasteiger partial charge in [-0.2, -0.15) is 30.2 Å². The van der Waals surface area contributed by atoms with Crippen molar-refractivity contribution in [3.63, 3.8) is 0 Å². The molecule has 124 valence electrons. The van der Waals surface area contributed by atoms with E-state index in [0.29, 0.717) is 39.4 Å². The minimum absolute atomic E-state index is 0.00538. The van der Waals surface area contributed by atoms with Crippen molar-refractivity contribution in [3.05, 3.63) is 0 Å². The quantitative estimate of drug-likeness (QED) is 0.658. The van der Waals surface area contributed by atoms with Crippen LogP contribution in [0.25, 0.3) is 0 Å². The highest BCUT2D eigenvalue weighted by Gasteiger charge is 2.38. The van der Waals surface area contributed by atoms with Gasteiger partial charge in [0, 0.05) is 32.2 Å². The summed E-state index contributed by atoms with van der Waals surface area (Å²) < 4.78 is 63.4. The molecule has 2 rings (SSSR count). The molecule has 12 heteroatoms. The van der Waals surface area contributed by atoms with Gasteiger partial charge in [-0.15, -0.1) is 0 Å². The minimum Gasteiger partial charge on any atom is -0.475 e. The first-order valence-corrected chi connectivity index (χ1v) is 7.33. The Balaban J connectivity index is 0.000000270. The first-order valence-electron chi connectivity index (χ1n) is 5.94. The molecule has 0 aromatic carbocycles. The van der Waals surface area contributed by atoms with Crippen LogP contribution in [-0.4, -0.2) is 79.7 Å². The highest BCUT2D eigenvalue weighted by molar-refractivity contribution is 7.86. The maximum Gasteiger partial charge on any atom is 0.490 e. The topological polar surface area (TPSA) is 113 Å². The van der Waals surface area contributed by atoms with Crippen LogP contribution >= 0.6 is 0 Å². The fraction of sp³-hybridized carbons (Fsp3) is 0.889. The molecule has 2 heterocycles. The normalized spacial score (nSPS) is 22.1. The number of nitrogens with two attached hydrogens (primary N) is 1. The number of hydrogen-bond donors (Lipinski definition) is 2. The molecule has 0 saturated carbocycles. The molecule has 0 aromatic heterocycles. The van der Waals surface area contributed by atoms with Gasteiger partial charge >= 0.3 is 12.1 Å². The van der Waals surface area contributed by atoms with E-state index >= 15 is 0 Å². The summed E-state index contributed by atoms with van der Waals surface area (Å²) in [7, 11) is -3.25. The summed E-state index contributed by atoms with van der Waals surface area (Å²) >= 11 is 0. The van der Waals surface area contributed by atoms with Crippen LogP contribution in [0.15, 0.2) is 0 Å². The monoisotopic (exact) mass is 335 g/mol. The molecule has 0 atom stereocenters. The third kappa shape index (κ3) is 5.07. The molecule has 0 amide bonds. The summed E-state index contributed by atoms with van der Waals surface area (Å²) in [5.41, 5.74) is 5.55. The average molecular weight is 335 g/mol. The molecule has 2 fully saturated rings. The third-order valence-electron chi connectivity index (χ3n) is 2.74. The molecular formula is C9H16F3N3O5S. The maximum atomic E-state index is 11.9. The van der Waals surface area contributed by atoms with E-state index in [1.807, 2.05) is 0 Å². The smallest absolute Gasteiger partial charge is 0.475 e. The van der Waals surface area contributed by atoms with Gasteiger partial charge in [0.25, 0.3) is 10.2 Å². The Morgan fingerprint density at radius 2 is 1.62 bits per heavy atom. The van der Waals surface area contributed by atoms with Crippen LogP contribution in [0.3, 0.4) is 0 Å². The van der Waals surface area contributed by atoms with Crippen LogP contribution < -0.4 is 5.73 Å². The lowest BCUT2D eigenvalue weighted by molar-refractivity contribution is -0.192. The van der Waals surface area contributed by atoms with Gasteiger partial charge in [0.1, 0.15) is 0 Å². The second kappa shape index (κ2) is 6.87. The summed E-state index contributed by atoms with van der Waals surface area (Å²) in [6, 6.07) is 0.00538. The van der Waals surface area contributed by atoms with Crippen LogP contribution in [0.2, 0.25) is 0 Å². The van der Waals surface area contributed by atoms with E-state index in [4.69, 9.17) is 20.4 Å². The minimum atomic E-state index is -5.08. The lowest BCUT2D eigenvalue weighted by atomic mass is 10.2. The van der Waals surface area contributed by atoms with Crippen molar-refractivity contribution in [2.75, 3.05) is 39.4 Å². The van der Waals surface area contributed by atoms with Crippen molar-refractivity contribution in [1.29, 1.82) is 0 Å².